The number of hydrogen-bond donors (Lipinski definition) is 6. The van der Waals surface area contributed by atoms with E-state index in [1.54, 1.807) is 26.0 Å². The van der Waals surface area contributed by atoms with E-state index in [1.807, 2.05) is 20.1 Å². The van der Waals surface area contributed by atoms with Crippen molar-refractivity contribution in [3.05, 3.63) is 29.8 Å². The summed E-state index contributed by atoms with van der Waals surface area (Å²) in [5, 5.41) is 26.9. The number of hydrogen-bond acceptors (Lipinski definition) is 7. The third-order valence-corrected chi connectivity index (χ3v) is 6.19. The number of aromatic hydroxyl groups is 1. The van der Waals surface area contributed by atoms with Gasteiger partial charge < -0.3 is 31.9 Å². The van der Waals surface area contributed by atoms with E-state index in [0.717, 1.165) is 0 Å². The van der Waals surface area contributed by atoms with Crippen molar-refractivity contribution in [1.29, 1.82) is 0 Å². The minimum absolute atomic E-state index is 0.0483. The van der Waals surface area contributed by atoms with Gasteiger partial charge in [-0.3, -0.25) is 14.4 Å². The number of amides is 3. The predicted octanol–water partition coefficient (Wildman–Crippen LogP) is 1.26. The lowest BCUT2D eigenvalue weighted by Crippen LogP contribution is -2.58. The van der Waals surface area contributed by atoms with E-state index in [0.29, 0.717) is 24.2 Å². The minimum atomic E-state index is -1.18. The molecule has 0 spiro atoms. The fourth-order valence-electron chi connectivity index (χ4n) is 3.51. The molecule has 36 heavy (non-hydrogen) atoms. The van der Waals surface area contributed by atoms with Crippen LogP contribution in [-0.2, 0) is 25.6 Å². The van der Waals surface area contributed by atoms with Crippen molar-refractivity contribution in [3.8, 4) is 5.75 Å². The average Bonchev–Trinajstić information content (AvgIpc) is 2.79. The van der Waals surface area contributed by atoms with Gasteiger partial charge in [-0.25, -0.2) is 4.79 Å². The number of aliphatic carboxylic acids is 1. The van der Waals surface area contributed by atoms with Crippen LogP contribution in [0.1, 0.15) is 46.1 Å². The lowest BCUT2D eigenvalue weighted by molar-refractivity contribution is -0.143. The van der Waals surface area contributed by atoms with Crippen molar-refractivity contribution >= 4 is 35.5 Å². The molecule has 0 aliphatic carbocycles. The largest absolute Gasteiger partial charge is 0.508 e. The summed E-state index contributed by atoms with van der Waals surface area (Å²) in [7, 11) is 0. The van der Waals surface area contributed by atoms with Crippen molar-refractivity contribution < 1.29 is 29.4 Å². The molecule has 202 valence electrons. The monoisotopic (exact) mass is 524 g/mol. The lowest BCUT2D eigenvalue weighted by Gasteiger charge is -2.26. The standard InChI is InChI=1S/C25H40N4O6S/c1-14(2)12-18(26)22(31)27-19(10-11-36-5)23(32)28-20(13-16-6-8-17(30)9-7-16)24(33)29-21(15(3)4)25(34)35/h6-9,14-15,18-21,30H,10-13,26H2,1-5H3,(H,27,31)(H,28,32)(H,29,33)(H,34,35). The summed E-state index contributed by atoms with van der Waals surface area (Å²) in [6.45, 7) is 7.22. The number of carboxylic acid groups (broad SMARTS) is 1. The zero-order chi connectivity index (χ0) is 27.4. The number of carbonyl (C=O) groups is 4. The molecular weight excluding hydrogens is 484 g/mol. The van der Waals surface area contributed by atoms with Crippen molar-refractivity contribution in [3.63, 3.8) is 0 Å². The number of carboxylic acids is 1. The molecule has 0 aromatic heterocycles. The van der Waals surface area contributed by atoms with Gasteiger partial charge in [0.15, 0.2) is 0 Å². The molecule has 7 N–H and O–H groups in total. The normalized spacial score (nSPS) is 14.6. The molecule has 0 saturated carbocycles. The van der Waals surface area contributed by atoms with Crippen LogP contribution < -0.4 is 21.7 Å². The topological polar surface area (TPSA) is 171 Å². The van der Waals surface area contributed by atoms with E-state index >= 15 is 0 Å². The smallest absolute Gasteiger partial charge is 0.326 e. The van der Waals surface area contributed by atoms with E-state index < -0.39 is 47.9 Å². The number of benzene rings is 1. The second-order valence-corrected chi connectivity index (χ2v) is 10.6. The fourth-order valence-corrected chi connectivity index (χ4v) is 3.99. The summed E-state index contributed by atoms with van der Waals surface area (Å²) in [4.78, 5) is 50.6. The van der Waals surface area contributed by atoms with Crippen LogP contribution in [0.3, 0.4) is 0 Å². The highest BCUT2D eigenvalue weighted by Crippen LogP contribution is 2.13. The van der Waals surface area contributed by atoms with Crippen molar-refractivity contribution in [2.75, 3.05) is 12.0 Å². The fraction of sp³-hybridized carbons (Fsp3) is 0.600. The van der Waals surface area contributed by atoms with Gasteiger partial charge in [-0.1, -0.05) is 39.8 Å². The molecule has 10 nitrogen and oxygen atoms in total. The molecule has 0 fully saturated rings. The molecule has 1 aromatic carbocycles. The molecule has 3 amide bonds. The molecule has 1 aromatic rings. The summed E-state index contributed by atoms with van der Waals surface area (Å²) in [5.74, 6) is -2.41. The first kappa shape index (κ1) is 31.2. The Bertz CT molecular complexity index is 878. The number of rotatable bonds is 15. The molecule has 0 aliphatic heterocycles. The van der Waals surface area contributed by atoms with Crippen LogP contribution in [0, 0.1) is 11.8 Å². The Morgan fingerprint density at radius 3 is 1.97 bits per heavy atom. The Hall–Kier alpha value is -2.79. The number of nitrogens with one attached hydrogen (secondary N) is 3. The van der Waals surface area contributed by atoms with E-state index in [1.165, 1.54) is 23.9 Å². The Kier molecular flexibility index (Phi) is 13.3. The second-order valence-electron chi connectivity index (χ2n) is 9.58. The Morgan fingerprint density at radius 1 is 0.917 bits per heavy atom. The maximum atomic E-state index is 13.2. The van der Waals surface area contributed by atoms with E-state index in [2.05, 4.69) is 16.0 Å². The summed E-state index contributed by atoms with van der Waals surface area (Å²) in [6, 6.07) is 2.19. The van der Waals surface area contributed by atoms with Gasteiger partial charge in [-0.05, 0) is 54.4 Å². The highest BCUT2D eigenvalue weighted by molar-refractivity contribution is 7.98. The van der Waals surface area contributed by atoms with Crippen LogP contribution in [0.25, 0.3) is 0 Å². The third kappa shape index (κ3) is 10.9. The number of phenols is 1. The number of phenolic OH excluding ortho intramolecular Hbond substituents is 1. The Balaban J connectivity index is 3.13. The third-order valence-electron chi connectivity index (χ3n) is 5.55. The van der Waals surface area contributed by atoms with E-state index in [4.69, 9.17) is 5.73 Å². The summed E-state index contributed by atoms with van der Waals surface area (Å²) in [5.41, 5.74) is 6.63. The molecule has 0 bridgehead atoms. The van der Waals surface area contributed by atoms with Gasteiger partial charge in [0.25, 0.3) is 0 Å². The van der Waals surface area contributed by atoms with Gasteiger partial charge in [0.1, 0.15) is 23.9 Å². The first-order valence-electron chi connectivity index (χ1n) is 12.0. The molecule has 0 heterocycles. The molecule has 0 radical (unpaired) electrons. The summed E-state index contributed by atoms with van der Waals surface area (Å²) < 4.78 is 0. The van der Waals surface area contributed by atoms with E-state index in [-0.39, 0.29) is 24.0 Å². The van der Waals surface area contributed by atoms with Crippen LogP contribution >= 0.6 is 11.8 Å². The number of carbonyl (C=O) groups excluding carboxylic acids is 3. The predicted molar refractivity (Wildman–Crippen MR) is 141 cm³/mol. The summed E-state index contributed by atoms with van der Waals surface area (Å²) in [6.07, 6.45) is 2.71. The van der Waals surface area contributed by atoms with Crippen LogP contribution in [0.4, 0.5) is 0 Å². The molecule has 1 rings (SSSR count). The van der Waals surface area contributed by atoms with Gasteiger partial charge in [0.2, 0.25) is 17.7 Å². The highest BCUT2D eigenvalue weighted by atomic mass is 32.2. The Morgan fingerprint density at radius 2 is 1.47 bits per heavy atom. The van der Waals surface area contributed by atoms with Crippen molar-refractivity contribution in [2.45, 2.75) is 71.1 Å². The van der Waals surface area contributed by atoms with Gasteiger partial charge >= 0.3 is 5.97 Å². The van der Waals surface area contributed by atoms with Gasteiger partial charge in [0.05, 0.1) is 6.04 Å². The van der Waals surface area contributed by atoms with Crippen LogP contribution in [-0.4, -0.2) is 70.1 Å². The SMILES string of the molecule is CSCCC(NC(=O)C(N)CC(C)C)C(=O)NC(Cc1ccc(O)cc1)C(=O)NC(C(=O)O)C(C)C. The number of thioether (sulfide) groups is 1. The molecule has 4 atom stereocenters. The highest BCUT2D eigenvalue weighted by Gasteiger charge is 2.31. The zero-order valence-electron chi connectivity index (χ0n) is 21.6. The van der Waals surface area contributed by atoms with Crippen LogP contribution in [0.5, 0.6) is 5.75 Å². The van der Waals surface area contributed by atoms with Crippen molar-refractivity contribution in [2.24, 2.45) is 17.6 Å². The molecular formula is C25H40N4O6S. The van der Waals surface area contributed by atoms with Crippen molar-refractivity contribution in [1.82, 2.24) is 16.0 Å². The van der Waals surface area contributed by atoms with Gasteiger partial charge in [-0.15, -0.1) is 0 Å². The van der Waals surface area contributed by atoms with Crippen LogP contribution in [0.2, 0.25) is 0 Å². The maximum absolute atomic E-state index is 13.2. The van der Waals surface area contributed by atoms with Crippen LogP contribution in [0.15, 0.2) is 24.3 Å². The first-order valence-corrected chi connectivity index (χ1v) is 13.4. The molecule has 0 aliphatic rings. The number of nitrogens with two attached hydrogens (primary N) is 1. The van der Waals surface area contributed by atoms with Gasteiger partial charge in [0, 0.05) is 6.42 Å². The quantitative estimate of drug-likeness (QED) is 0.199. The molecule has 11 heteroatoms. The van der Waals surface area contributed by atoms with E-state index in [9.17, 15) is 29.4 Å². The minimum Gasteiger partial charge on any atom is -0.508 e. The summed E-state index contributed by atoms with van der Waals surface area (Å²) >= 11 is 1.51. The zero-order valence-corrected chi connectivity index (χ0v) is 22.4. The maximum Gasteiger partial charge on any atom is 0.326 e. The van der Waals surface area contributed by atoms with Gasteiger partial charge in [-0.2, -0.15) is 11.8 Å². The lowest BCUT2D eigenvalue weighted by atomic mass is 10.0. The Labute approximate surface area is 217 Å². The second kappa shape index (κ2) is 15.4. The average molecular weight is 525 g/mol. The molecule has 0 saturated heterocycles. The first-order chi connectivity index (χ1) is 16.8. The molecule has 4 unspecified atom stereocenters.